The summed E-state index contributed by atoms with van der Waals surface area (Å²) in [7, 11) is 0. The molecule has 0 aliphatic rings. The minimum Gasteiger partial charge on any atom is -0.464 e. The van der Waals surface area contributed by atoms with Crippen molar-refractivity contribution in [2.75, 3.05) is 19.7 Å². The quantitative estimate of drug-likeness (QED) is 0.0445. The van der Waals surface area contributed by atoms with Crippen LogP contribution in [0.25, 0.3) is 0 Å². The Morgan fingerprint density at radius 2 is 1.24 bits per heavy atom. The molecular weight excluding hydrogens is 700 g/mol. The van der Waals surface area contributed by atoms with Crippen LogP contribution in [0, 0.1) is 5.92 Å². The Morgan fingerprint density at radius 1 is 0.630 bits per heavy atom. The highest BCUT2D eigenvalue weighted by atomic mass is 16.5. The van der Waals surface area contributed by atoms with Gasteiger partial charge in [-0.25, -0.2) is 4.79 Å². The Morgan fingerprint density at radius 3 is 1.83 bits per heavy atom. The topological polar surface area (TPSA) is 235 Å². The summed E-state index contributed by atoms with van der Waals surface area (Å²) in [4.78, 5) is 113. The van der Waals surface area contributed by atoms with Gasteiger partial charge in [0.05, 0.1) is 25.7 Å². The standard InChI is InChI=1S/C38H58N6O10/c1-7-9-10-14-17-28(25(5)45)41-32(48)19-18-31(47)39-22-33(49)42-29(20-24(3)4)37(52)43-30(21-27-15-12-11-13-16-27)36(51)40-23-34(50)44-35(26(6)46)38(53)54-8-2/h11-13,15-16,24,28-30,35H,7-10,14,17-23H2,1-6H3,(H,39,47)(H,40,51)(H,41,48)(H,42,49)(H,43,52)(H,44,50). The first-order chi connectivity index (χ1) is 25.6. The summed E-state index contributed by atoms with van der Waals surface area (Å²) in [5.41, 5.74) is 0.686. The first kappa shape index (κ1) is 46.9. The summed E-state index contributed by atoms with van der Waals surface area (Å²) >= 11 is 0. The summed E-state index contributed by atoms with van der Waals surface area (Å²) in [6, 6.07) is 4.29. The molecule has 0 aliphatic carbocycles. The second kappa shape index (κ2) is 25.8. The molecule has 0 heterocycles. The molecule has 0 fully saturated rings. The van der Waals surface area contributed by atoms with Gasteiger partial charge in [0.15, 0.2) is 17.6 Å². The van der Waals surface area contributed by atoms with E-state index in [0.29, 0.717) is 12.0 Å². The monoisotopic (exact) mass is 758 g/mol. The van der Waals surface area contributed by atoms with Gasteiger partial charge in [0.2, 0.25) is 35.4 Å². The Kier molecular flexibility index (Phi) is 22.4. The van der Waals surface area contributed by atoms with Gasteiger partial charge in [-0.1, -0.05) is 76.8 Å². The lowest BCUT2D eigenvalue weighted by Crippen LogP contribution is -2.56. The van der Waals surface area contributed by atoms with E-state index in [1.165, 1.54) is 6.92 Å². The Hall–Kier alpha value is -5.15. The normalized spacial score (nSPS) is 12.9. The van der Waals surface area contributed by atoms with Gasteiger partial charge in [0.1, 0.15) is 12.1 Å². The fourth-order valence-electron chi connectivity index (χ4n) is 5.25. The lowest BCUT2D eigenvalue weighted by molar-refractivity contribution is -0.150. The van der Waals surface area contributed by atoms with Gasteiger partial charge in [0.25, 0.3) is 0 Å². The Bertz CT molecular complexity index is 1430. The highest BCUT2D eigenvalue weighted by molar-refractivity contribution is 6.05. The summed E-state index contributed by atoms with van der Waals surface area (Å²) in [5, 5.41) is 15.0. The van der Waals surface area contributed by atoms with Crippen molar-refractivity contribution in [2.24, 2.45) is 5.92 Å². The van der Waals surface area contributed by atoms with E-state index < -0.39 is 84.5 Å². The lowest BCUT2D eigenvalue weighted by atomic mass is 10.0. The van der Waals surface area contributed by atoms with Crippen LogP contribution in [0.3, 0.4) is 0 Å². The van der Waals surface area contributed by atoms with E-state index in [-0.39, 0.29) is 44.0 Å². The van der Waals surface area contributed by atoms with E-state index in [1.807, 2.05) is 13.8 Å². The number of Topliss-reactive ketones (excluding diaryl/α,β-unsaturated/α-hetero) is 2. The van der Waals surface area contributed by atoms with Crippen molar-refractivity contribution in [2.45, 2.75) is 123 Å². The molecule has 4 atom stereocenters. The number of rotatable bonds is 26. The molecule has 16 nitrogen and oxygen atoms in total. The molecule has 1 aromatic carbocycles. The van der Waals surface area contributed by atoms with E-state index in [1.54, 1.807) is 37.3 Å². The van der Waals surface area contributed by atoms with E-state index in [4.69, 9.17) is 4.74 Å². The number of amides is 6. The van der Waals surface area contributed by atoms with E-state index in [9.17, 15) is 43.2 Å². The molecule has 4 unspecified atom stereocenters. The molecular formula is C38H58N6O10. The number of nitrogens with one attached hydrogen (secondary N) is 6. The van der Waals surface area contributed by atoms with Crippen LogP contribution >= 0.6 is 0 Å². The molecule has 0 saturated carbocycles. The third kappa shape index (κ3) is 19.6. The zero-order chi connectivity index (χ0) is 40.6. The summed E-state index contributed by atoms with van der Waals surface area (Å²) in [5.74, 6) is -5.80. The average molecular weight is 759 g/mol. The van der Waals surface area contributed by atoms with Crippen LogP contribution in [0.5, 0.6) is 0 Å². The average Bonchev–Trinajstić information content (AvgIpc) is 3.11. The van der Waals surface area contributed by atoms with Gasteiger partial charge in [-0.3, -0.25) is 38.4 Å². The molecule has 1 rings (SSSR count). The fourth-order valence-corrected chi connectivity index (χ4v) is 5.25. The van der Waals surface area contributed by atoms with Crippen molar-refractivity contribution >= 4 is 53.0 Å². The highest BCUT2D eigenvalue weighted by Crippen LogP contribution is 2.09. The van der Waals surface area contributed by atoms with Gasteiger partial charge < -0.3 is 36.6 Å². The first-order valence-electron chi connectivity index (χ1n) is 18.5. The maximum Gasteiger partial charge on any atom is 0.336 e. The predicted octanol–water partition coefficient (Wildman–Crippen LogP) is 0.939. The van der Waals surface area contributed by atoms with Crippen molar-refractivity contribution in [3.8, 4) is 0 Å². The molecule has 300 valence electrons. The minimum absolute atomic E-state index is 0.00713. The number of ether oxygens (including phenoxy) is 1. The second-order valence-electron chi connectivity index (χ2n) is 13.4. The van der Waals surface area contributed by atoms with Crippen molar-refractivity contribution in [3.63, 3.8) is 0 Å². The van der Waals surface area contributed by atoms with Crippen LogP contribution < -0.4 is 31.9 Å². The highest BCUT2D eigenvalue weighted by Gasteiger charge is 2.30. The first-order valence-corrected chi connectivity index (χ1v) is 18.5. The molecule has 6 amide bonds. The summed E-state index contributed by atoms with van der Waals surface area (Å²) < 4.78 is 4.81. The number of carbonyl (C=O) groups is 9. The van der Waals surface area contributed by atoms with E-state index in [0.717, 1.165) is 32.6 Å². The van der Waals surface area contributed by atoms with Crippen molar-refractivity contribution in [1.29, 1.82) is 0 Å². The summed E-state index contributed by atoms with van der Waals surface area (Å²) in [6.45, 7) is 8.70. The fraction of sp³-hybridized carbons (Fsp3) is 0.605. The maximum atomic E-state index is 13.5. The molecule has 6 N–H and O–H groups in total. The van der Waals surface area contributed by atoms with Gasteiger partial charge in [0, 0.05) is 19.3 Å². The van der Waals surface area contributed by atoms with Crippen molar-refractivity contribution < 1.29 is 47.9 Å². The maximum absolute atomic E-state index is 13.5. The van der Waals surface area contributed by atoms with E-state index in [2.05, 4.69) is 38.8 Å². The largest absolute Gasteiger partial charge is 0.464 e. The third-order valence-corrected chi connectivity index (χ3v) is 8.13. The Balaban J connectivity index is 2.85. The number of unbranched alkanes of at least 4 members (excludes halogenated alkanes) is 3. The van der Waals surface area contributed by atoms with Gasteiger partial charge in [-0.05, 0) is 45.1 Å². The van der Waals surface area contributed by atoms with E-state index >= 15 is 0 Å². The molecule has 0 radical (unpaired) electrons. The van der Waals surface area contributed by atoms with Crippen LogP contribution in [-0.2, 0) is 54.3 Å². The molecule has 0 saturated heterocycles. The smallest absolute Gasteiger partial charge is 0.336 e. The van der Waals surface area contributed by atoms with Crippen LogP contribution in [0.2, 0.25) is 0 Å². The van der Waals surface area contributed by atoms with Crippen LogP contribution in [0.1, 0.15) is 98.5 Å². The van der Waals surface area contributed by atoms with Crippen LogP contribution in [-0.4, -0.2) is 96.8 Å². The molecule has 0 bridgehead atoms. The van der Waals surface area contributed by atoms with Gasteiger partial charge in [-0.2, -0.15) is 0 Å². The third-order valence-electron chi connectivity index (χ3n) is 8.13. The minimum atomic E-state index is -1.55. The number of benzene rings is 1. The molecule has 0 aliphatic heterocycles. The molecule has 16 heteroatoms. The number of esters is 1. The van der Waals surface area contributed by atoms with Crippen LogP contribution in [0.4, 0.5) is 0 Å². The Labute approximate surface area is 317 Å². The number of hydrogen-bond donors (Lipinski definition) is 6. The summed E-state index contributed by atoms with van der Waals surface area (Å²) in [6.07, 6.45) is 4.16. The van der Waals surface area contributed by atoms with Gasteiger partial charge >= 0.3 is 5.97 Å². The van der Waals surface area contributed by atoms with Crippen molar-refractivity contribution in [3.05, 3.63) is 35.9 Å². The number of ketones is 2. The predicted molar refractivity (Wildman–Crippen MR) is 199 cm³/mol. The molecule has 54 heavy (non-hydrogen) atoms. The zero-order valence-corrected chi connectivity index (χ0v) is 32.3. The lowest BCUT2D eigenvalue weighted by Gasteiger charge is -2.24. The molecule has 0 aromatic heterocycles. The second-order valence-corrected chi connectivity index (χ2v) is 13.4. The molecule has 1 aromatic rings. The van der Waals surface area contributed by atoms with Gasteiger partial charge in [-0.15, -0.1) is 0 Å². The zero-order valence-electron chi connectivity index (χ0n) is 32.3. The molecule has 0 spiro atoms. The number of carbonyl (C=O) groups excluding carboxylic acids is 9. The SMILES string of the molecule is CCCCCCC(NC(=O)CCC(=O)NCC(=O)NC(CC(C)C)C(=O)NC(Cc1ccccc1)C(=O)NCC(=O)NC(C(C)=O)C(=O)OCC)C(C)=O. The van der Waals surface area contributed by atoms with Crippen LogP contribution in [0.15, 0.2) is 30.3 Å². The number of hydrogen-bond acceptors (Lipinski definition) is 10. The van der Waals surface area contributed by atoms with Crippen molar-refractivity contribution in [1.82, 2.24) is 31.9 Å².